The van der Waals surface area contributed by atoms with E-state index in [0.29, 0.717) is 5.01 Å². The van der Waals surface area contributed by atoms with Crippen LogP contribution in [-0.2, 0) is 0 Å². The molecule has 0 bridgehead atoms. The molecule has 0 aliphatic rings. The van der Waals surface area contributed by atoms with Crippen LogP contribution < -0.4 is 0 Å². The van der Waals surface area contributed by atoms with Crippen LogP contribution in [0.4, 0.5) is 0 Å². The number of aromatic nitrogens is 1. The van der Waals surface area contributed by atoms with Crippen molar-refractivity contribution in [2.75, 3.05) is 0 Å². The zero-order valence-electron chi connectivity index (χ0n) is 9.21. The molecule has 2 rings (SSSR count). The molecule has 1 heterocycles. The molecular weight excluding hydrogens is 232 g/mol. The van der Waals surface area contributed by atoms with Crippen molar-refractivity contribution in [3.63, 3.8) is 0 Å². The Bertz CT molecular complexity index is 589. The Morgan fingerprint density at radius 2 is 2.06 bits per heavy atom. The second-order valence-corrected chi connectivity index (χ2v) is 4.33. The Morgan fingerprint density at radius 1 is 1.35 bits per heavy atom. The minimum Gasteiger partial charge on any atom is -0.511 e. The Kier molecular flexibility index (Phi) is 3.22. The Balaban J connectivity index is 2.42. The molecule has 0 saturated heterocycles. The van der Waals surface area contributed by atoms with Gasteiger partial charge in [-0.2, -0.15) is 5.26 Å². The van der Waals surface area contributed by atoms with Gasteiger partial charge in [0.25, 0.3) is 0 Å². The standard InChI is InChI=1S/C13H10N2OS/c1-9(16)11(7-14)13-15-12(8-17-13)10-5-3-2-4-6-10/h2-6,8,16H,1H3. The molecule has 1 N–H and O–H groups in total. The van der Waals surface area contributed by atoms with Gasteiger partial charge in [-0.3, -0.25) is 0 Å². The van der Waals surface area contributed by atoms with Gasteiger partial charge in [-0.25, -0.2) is 4.98 Å². The van der Waals surface area contributed by atoms with Crippen molar-refractivity contribution in [3.05, 3.63) is 46.5 Å². The molecule has 0 spiro atoms. The van der Waals surface area contributed by atoms with Crippen molar-refractivity contribution >= 4 is 16.9 Å². The van der Waals surface area contributed by atoms with Crippen LogP contribution in [0.25, 0.3) is 16.8 Å². The number of aliphatic hydroxyl groups is 1. The topological polar surface area (TPSA) is 56.9 Å². The van der Waals surface area contributed by atoms with Crippen molar-refractivity contribution < 1.29 is 5.11 Å². The lowest BCUT2D eigenvalue weighted by Gasteiger charge is -1.95. The van der Waals surface area contributed by atoms with E-state index < -0.39 is 0 Å². The molecule has 3 nitrogen and oxygen atoms in total. The van der Waals surface area contributed by atoms with E-state index in [1.165, 1.54) is 18.3 Å². The summed E-state index contributed by atoms with van der Waals surface area (Å²) in [5.41, 5.74) is 2.06. The Labute approximate surface area is 103 Å². The summed E-state index contributed by atoms with van der Waals surface area (Å²) in [7, 11) is 0. The van der Waals surface area contributed by atoms with Crippen molar-refractivity contribution in [2.45, 2.75) is 6.92 Å². The molecule has 0 unspecified atom stereocenters. The monoisotopic (exact) mass is 242 g/mol. The molecule has 0 radical (unpaired) electrons. The fourth-order valence-electron chi connectivity index (χ4n) is 1.41. The van der Waals surface area contributed by atoms with E-state index >= 15 is 0 Å². The summed E-state index contributed by atoms with van der Waals surface area (Å²) >= 11 is 1.35. The highest BCUT2D eigenvalue weighted by molar-refractivity contribution is 7.11. The van der Waals surface area contributed by atoms with Crippen LogP contribution in [0.5, 0.6) is 0 Å². The van der Waals surface area contributed by atoms with E-state index in [1.807, 2.05) is 41.8 Å². The third-order valence-electron chi connectivity index (χ3n) is 2.26. The third kappa shape index (κ3) is 2.35. The molecule has 2 aromatic rings. The van der Waals surface area contributed by atoms with Gasteiger partial charge in [0.1, 0.15) is 22.4 Å². The van der Waals surface area contributed by atoms with Gasteiger partial charge in [0.15, 0.2) is 0 Å². The maximum absolute atomic E-state index is 9.37. The molecule has 1 aromatic heterocycles. The van der Waals surface area contributed by atoms with Gasteiger partial charge < -0.3 is 5.11 Å². The largest absolute Gasteiger partial charge is 0.511 e. The number of nitriles is 1. The number of benzene rings is 1. The normalized spacial score (nSPS) is 11.8. The molecular formula is C13H10N2OS. The van der Waals surface area contributed by atoms with E-state index in [9.17, 15) is 5.11 Å². The second kappa shape index (κ2) is 4.81. The van der Waals surface area contributed by atoms with E-state index in [0.717, 1.165) is 11.3 Å². The highest BCUT2D eigenvalue weighted by Crippen LogP contribution is 2.26. The lowest BCUT2D eigenvalue weighted by Crippen LogP contribution is -1.85. The first kappa shape index (κ1) is 11.4. The third-order valence-corrected chi connectivity index (χ3v) is 3.12. The van der Waals surface area contributed by atoms with Gasteiger partial charge in [0.05, 0.1) is 5.69 Å². The quantitative estimate of drug-likeness (QED) is 0.646. The minimum atomic E-state index is 0.00135. The second-order valence-electron chi connectivity index (χ2n) is 3.48. The predicted molar refractivity (Wildman–Crippen MR) is 68.4 cm³/mol. The summed E-state index contributed by atoms with van der Waals surface area (Å²) < 4.78 is 0. The van der Waals surface area contributed by atoms with E-state index in [4.69, 9.17) is 5.26 Å². The predicted octanol–water partition coefficient (Wildman–Crippen LogP) is 3.62. The summed E-state index contributed by atoms with van der Waals surface area (Å²) in [5.74, 6) is 0.00135. The van der Waals surface area contributed by atoms with Crippen molar-refractivity contribution in [1.29, 1.82) is 5.26 Å². The summed E-state index contributed by atoms with van der Waals surface area (Å²) in [6.07, 6.45) is 0. The van der Waals surface area contributed by atoms with Crippen molar-refractivity contribution in [1.82, 2.24) is 4.98 Å². The molecule has 0 aliphatic carbocycles. The highest BCUT2D eigenvalue weighted by Gasteiger charge is 2.10. The molecule has 0 fully saturated rings. The summed E-state index contributed by atoms with van der Waals surface area (Å²) in [6.45, 7) is 1.49. The molecule has 17 heavy (non-hydrogen) atoms. The van der Waals surface area contributed by atoms with Crippen LogP contribution in [0.3, 0.4) is 0 Å². The zero-order chi connectivity index (χ0) is 12.3. The molecule has 0 amide bonds. The zero-order valence-corrected chi connectivity index (χ0v) is 10.0. The molecule has 0 atom stereocenters. The highest BCUT2D eigenvalue weighted by atomic mass is 32.1. The summed E-state index contributed by atoms with van der Waals surface area (Å²) in [6, 6.07) is 11.7. The average Bonchev–Trinajstić information content (AvgIpc) is 2.80. The van der Waals surface area contributed by atoms with Gasteiger partial charge in [-0.1, -0.05) is 30.3 Å². The SMILES string of the molecule is CC(O)=C(C#N)c1nc(-c2ccccc2)cs1. The number of thiazole rings is 1. The van der Waals surface area contributed by atoms with Crippen LogP contribution in [0.1, 0.15) is 11.9 Å². The van der Waals surface area contributed by atoms with E-state index in [1.54, 1.807) is 0 Å². The van der Waals surface area contributed by atoms with E-state index in [2.05, 4.69) is 4.98 Å². The summed E-state index contributed by atoms with van der Waals surface area (Å²) in [5, 5.41) is 20.7. The number of allylic oxidation sites excluding steroid dienone is 2. The molecule has 0 saturated carbocycles. The maximum atomic E-state index is 9.37. The lowest BCUT2D eigenvalue weighted by atomic mass is 10.2. The molecule has 1 aromatic carbocycles. The van der Waals surface area contributed by atoms with Crippen LogP contribution >= 0.6 is 11.3 Å². The smallest absolute Gasteiger partial charge is 0.138 e. The Hall–Kier alpha value is -2.12. The van der Waals surface area contributed by atoms with Gasteiger partial charge >= 0.3 is 0 Å². The molecule has 4 heteroatoms. The molecule has 0 aliphatic heterocycles. The van der Waals surface area contributed by atoms with Crippen LogP contribution in [0, 0.1) is 11.3 Å². The van der Waals surface area contributed by atoms with Crippen LogP contribution in [-0.4, -0.2) is 10.1 Å². The minimum absolute atomic E-state index is 0.00135. The number of hydrogen-bond donors (Lipinski definition) is 1. The van der Waals surface area contributed by atoms with Gasteiger partial charge in [0.2, 0.25) is 0 Å². The van der Waals surface area contributed by atoms with Gasteiger partial charge in [0, 0.05) is 10.9 Å². The van der Waals surface area contributed by atoms with Crippen LogP contribution in [0.15, 0.2) is 41.5 Å². The van der Waals surface area contributed by atoms with Crippen molar-refractivity contribution in [2.24, 2.45) is 0 Å². The first-order chi connectivity index (χ1) is 8.22. The average molecular weight is 242 g/mol. The van der Waals surface area contributed by atoms with Crippen molar-refractivity contribution in [3.8, 4) is 17.3 Å². The first-order valence-electron chi connectivity index (χ1n) is 5.03. The van der Waals surface area contributed by atoms with Crippen LogP contribution in [0.2, 0.25) is 0 Å². The summed E-state index contributed by atoms with van der Waals surface area (Å²) in [4.78, 5) is 4.35. The number of aliphatic hydroxyl groups excluding tert-OH is 1. The number of hydrogen-bond acceptors (Lipinski definition) is 4. The molecule has 84 valence electrons. The number of rotatable bonds is 2. The Morgan fingerprint density at radius 3 is 2.65 bits per heavy atom. The fraction of sp³-hybridized carbons (Fsp3) is 0.0769. The maximum Gasteiger partial charge on any atom is 0.138 e. The van der Waals surface area contributed by atoms with E-state index in [-0.39, 0.29) is 11.3 Å². The number of nitrogens with zero attached hydrogens (tertiary/aromatic N) is 2. The van der Waals surface area contributed by atoms with Gasteiger partial charge in [-0.05, 0) is 6.92 Å². The fourth-order valence-corrected chi connectivity index (χ4v) is 2.29. The lowest BCUT2D eigenvalue weighted by molar-refractivity contribution is 0.418. The first-order valence-corrected chi connectivity index (χ1v) is 5.91. The van der Waals surface area contributed by atoms with Gasteiger partial charge in [-0.15, -0.1) is 11.3 Å².